The number of anilines is 1. The number of carbonyl (C=O) groups excluding carboxylic acids is 1. The van der Waals surface area contributed by atoms with Gasteiger partial charge in [0.25, 0.3) is 5.91 Å². The summed E-state index contributed by atoms with van der Waals surface area (Å²) in [5.74, 6) is 0.383. The minimum Gasteiger partial charge on any atom is -0.496 e. The first-order chi connectivity index (χ1) is 13.1. The van der Waals surface area contributed by atoms with Crippen molar-refractivity contribution in [2.75, 3.05) is 12.4 Å². The smallest absolute Gasteiger partial charge is 0.262 e. The molecule has 0 aliphatic carbocycles. The Morgan fingerprint density at radius 2 is 1.85 bits per heavy atom. The summed E-state index contributed by atoms with van der Waals surface area (Å²) in [5, 5.41) is 3.35. The predicted molar refractivity (Wildman–Crippen MR) is 115 cm³/mol. The molecule has 0 fully saturated rings. The zero-order valence-corrected chi connectivity index (χ0v) is 16.4. The van der Waals surface area contributed by atoms with Gasteiger partial charge >= 0.3 is 0 Å². The second kappa shape index (κ2) is 11.0. The number of carbonyl (C=O) groups is 1. The van der Waals surface area contributed by atoms with Gasteiger partial charge in [-0.25, -0.2) is 0 Å². The van der Waals surface area contributed by atoms with E-state index >= 15 is 0 Å². The Morgan fingerprint density at radius 1 is 1.11 bits per heavy atom. The Kier molecular flexibility index (Phi) is 8.32. The number of unbranched alkanes of at least 4 members (excludes halogenated alkanes) is 1. The molecule has 2 aromatic rings. The number of aryl methyl sites for hydroxylation is 1. The van der Waals surface area contributed by atoms with Crippen molar-refractivity contribution < 1.29 is 9.53 Å². The molecule has 27 heavy (non-hydrogen) atoms. The number of amides is 1. The van der Waals surface area contributed by atoms with Crippen molar-refractivity contribution in [2.45, 2.75) is 26.2 Å². The summed E-state index contributed by atoms with van der Waals surface area (Å²) >= 11 is 5.19. The highest BCUT2D eigenvalue weighted by molar-refractivity contribution is 7.80. The molecule has 142 valence electrons. The van der Waals surface area contributed by atoms with E-state index in [-0.39, 0.29) is 5.91 Å². The second-order valence-corrected chi connectivity index (χ2v) is 6.35. The fourth-order valence-corrected chi connectivity index (χ4v) is 2.60. The van der Waals surface area contributed by atoms with Crippen LogP contribution in [0.2, 0.25) is 0 Å². The molecule has 6 heteroatoms. The van der Waals surface area contributed by atoms with Crippen LogP contribution in [0.5, 0.6) is 5.75 Å². The molecule has 0 saturated carbocycles. The predicted octanol–water partition coefficient (Wildman–Crippen LogP) is 4.07. The van der Waals surface area contributed by atoms with E-state index < -0.39 is 0 Å². The molecule has 0 bridgehead atoms. The van der Waals surface area contributed by atoms with Gasteiger partial charge in [-0.3, -0.25) is 15.6 Å². The van der Waals surface area contributed by atoms with Crippen LogP contribution in [0.15, 0.2) is 54.6 Å². The third kappa shape index (κ3) is 7.11. The first-order valence-electron chi connectivity index (χ1n) is 8.89. The molecule has 2 rings (SSSR count). The number of benzene rings is 2. The van der Waals surface area contributed by atoms with Gasteiger partial charge in [-0.2, -0.15) is 0 Å². The maximum Gasteiger partial charge on any atom is 0.262 e. The summed E-state index contributed by atoms with van der Waals surface area (Å²) in [4.78, 5) is 11.9. The number of hydrogen-bond acceptors (Lipinski definition) is 3. The van der Waals surface area contributed by atoms with E-state index in [1.165, 1.54) is 24.5 Å². The average molecular weight is 384 g/mol. The van der Waals surface area contributed by atoms with E-state index in [1.807, 2.05) is 36.4 Å². The van der Waals surface area contributed by atoms with Crippen molar-refractivity contribution in [3.05, 3.63) is 65.7 Å². The van der Waals surface area contributed by atoms with E-state index in [2.05, 4.69) is 35.2 Å². The average Bonchev–Trinajstić information content (AvgIpc) is 2.70. The van der Waals surface area contributed by atoms with Crippen LogP contribution < -0.4 is 20.9 Å². The van der Waals surface area contributed by atoms with Gasteiger partial charge < -0.3 is 10.1 Å². The van der Waals surface area contributed by atoms with Gasteiger partial charge in [0.2, 0.25) is 0 Å². The minimum absolute atomic E-state index is 0.315. The topological polar surface area (TPSA) is 62.4 Å². The normalized spacial score (nSPS) is 10.4. The van der Waals surface area contributed by atoms with Crippen molar-refractivity contribution >= 4 is 35.0 Å². The quantitative estimate of drug-likeness (QED) is 0.382. The summed E-state index contributed by atoms with van der Waals surface area (Å²) < 4.78 is 5.24. The molecule has 0 radical (unpaired) electrons. The monoisotopic (exact) mass is 383 g/mol. The number of para-hydroxylation sites is 1. The molecular weight excluding hydrogens is 358 g/mol. The van der Waals surface area contributed by atoms with E-state index in [4.69, 9.17) is 17.0 Å². The van der Waals surface area contributed by atoms with Gasteiger partial charge in [-0.15, -0.1) is 0 Å². The molecule has 0 spiro atoms. The first-order valence-corrected chi connectivity index (χ1v) is 9.30. The lowest BCUT2D eigenvalue weighted by atomic mass is 10.1. The van der Waals surface area contributed by atoms with Crippen LogP contribution in [-0.2, 0) is 11.2 Å². The van der Waals surface area contributed by atoms with Gasteiger partial charge in [0.05, 0.1) is 7.11 Å². The molecule has 1 amide bonds. The zero-order chi connectivity index (χ0) is 19.5. The van der Waals surface area contributed by atoms with E-state index in [1.54, 1.807) is 13.2 Å². The fraction of sp³-hybridized carbons (Fsp3) is 0.238. The Bertz CT molecular complexity index is 788. The molecule has 0 aliphatic rings. The van der Waals surface area contributed by atoms with E-state index in [0.29, 0.717) is 10.9 Å². The molecule has 0 heterocycles. The highest BCUT2D eigenvalue weighted by Gasteiger charge is 2.01. The second-order valence-electron chi connectivity index (χ2n) is 5.94. The van der Waals surface area contributed by atoms with Gasteiger partial charge in [-0.05, 0) is 54.9 Å². The maximum atomic E-state index is 11.9. The van der Waals surface area contributed by atoms with Crippen LogP contribution in [0.4, 0.5) is 5.69 Å². The van der Waals surface area contributed by atoms with Gasteiger partial charge in [0.15, 0.2) is 5.11 Å². The molecule has 0 atom stereocenters. The lowest BCUT2D eigenvalue weighted by molar-refractivity contribution is -0.116. The van der Waals surface area contributed by atoms with Crippen molar-refractivity contribution in [2.24, 2.45) is 0 Å². The van der Waals surface area contributed by atoms with Gasteiger partial charge in [0, 0.05) is 17.3 Å². The number of hydrazine groups is 1. The minimum atomic E-state index is -0.319. The number of ether oxygens (including phenoxy) is 1. The molecule has 2 aromatic carbocycles. The SMILES string of the molecule is CCCCc1ccc(NC(=S)NNC(=O)/C=C/c2ccccc2OC)cc1. The third-order valence-electron chi connectivity index (χ3n) is 3.88. The lowest BCUT2D eigenvalue weighted by Crippen LogP contribution is -2.43. The highest BCUT2D eigenvalue weighted by atomic mass is 32.1. The molecule has 3 N–H and O–H groups in total. The summed E-state index contributed by atoms with van der Waals surface area (Å²) in [5.41, 5.74) is 8.20. The zero-order valence-electron chi connectivity index (χ0n) is 15.6. The van der Waals surface area contributed by atoms with Crippen molar-refractivity contribution in [1.82, 2.24) is 10.9 Å². The lowest BCUT2D eigenvalue weighted by Gasteiger charge is -2.11. The largest absolute Gasteiger partial charge is 0.496 e. The van der Waals surface area contributed by atoms with Crippen molar-refractivity contribution in [3.63, 3.8) is 0 Å². The van der Waals surface area contributed by atoms with Crippen molar-refractivity contribution in [1.29, 1.82) is 0 Å². The molecule has 0 aromatic heterocycles. The summed E-state index contributed by atoms with van der Waals surface area (Å²) in [6.45, 7) is 2.18. The number of thiocarbonyl (C=S) groups is 1. The molecular formula is C21H25N3O2S. The Hall–Kier alpha value is -2.86. The third-order valence-corrected chi connectivity index (χ3v) is 4.09. The molecule has 0 saturated heterocycles. The summed E-state index contributed by atoms with van der Waals surface area (Å²) in [7, 11) is 1.59. The Labute approximate surface area is 165 Å². The van der Waals surface area contributed by atoms with Crippen LogP contribution in [0.1, 0.15) is 30.9 Å². The highest BCUT2D eigenvalue weighted by Crippen LogP contribution is 2.18. The van der Waals surface area contributed by atoms with Crippen LogP contribution in [0.25, 0.3) is 6.08 Å². The number of methoxy groups -OCH3 is 1. The number of nitrogens with one attached hydrogen (secondary N) is 3. The summed E-state index contributed by atoms with van der Waals surface area (Å²) in [6.07, 6.45) is 6.53. The number of rotatable bonds is 7. The Balaban J connectivity index is 1.79. The molecule has 0 aliphatic heterocycles. The van der Waals surface area contributed by atoms with Crippen LogP contribution in [0, 0.1) is 0 Å². The summed E-state index contributed by atoms with van der Waals surface area (Å²) in [6, 6.07) is 15.6. The van der Waals surface area contributed by atoms with E-state index in [0.717, 1.165) is 17.7 Å². The van der Waals surface area contributed by atoms with Crippen LogP contribution in [-0.4, -0.2) is 18.1 Å². The first kappa shape index (κ1) is 20.5. The van der Waals surface area contributed by atoms with Crippen LogP contribution >= 0.6 is 12.2 Å². The van der Waals surface area contributed by atoms with Gasteiger partial charge in [-0.1, -0.05) is 43.7 Å². The Morgan fingerprint density at radius 3 is 2.56 bits per heavy atom. The molecule has 0 unspecified atom stereocenters. The van der Waals surface area contributed by atoms with E-state index in [9.17, 15) is 4.79 Å². The molecule has 5 nitrogen and oxygen atoms in total. The fourth-order valence-electron chi connectivity index (χ4n) is 2.43. The standard InChI is InChI=1S/C21H25N3O2S/c1-3-4-7-16-10-13-18(14-11-16)22-21(27)24-23-20(25)15-12-17-8-5-6-9-19(17)26-2/h5-6,8-15H,3-4,7H2,1-2H3,(H,23,25)(H2,22,24,27)/b15-12+. The van der Waals surface area contributed by atoms with Crippen molar-refractivity contribution in [3.8, 4) is 5.75 Å². The maximum absolute atomic E-state index is 11.9. The van der Waals surface area contributed by atoms with Gasteiger partial charge in [0.1, 0.15) is 5.75 Å². The van der Waals surface area contributed by atoms with Crippen LogP contribution in [0.3, 0.4) is 0 Å². The number of hydrogen-bond donors (Lipinski definition) is 3.